The highest BCUT2D eigenvalue weighted by Gasteiger charge is 2.27. The number of anilines is 1. The molecule has 5 rings (SSSR count). The van der Waals surface area contributed by atoms with Gasteiger partial charge in [0.15, 0.2) is 12.2 Å². The molecule has 0 unspecified atom stereocenters. The molecule has 2 N–H and O–H groups in total. The van der Waals surface area contributed by atoms with Crippen molar-refractivity contribution in [3.63, 3.8) is 0 Å². The monoisotopic (exact) mass is 369 g/mol. The van der Waals surface area contributed by atoms with E-state index in [0.29, 0.717) is 11.7 Å². The van der Waals surface area contributed by atoms with Gasteiger partial charge in [-0.1, -0.05) is 13.0 Å². The van der Waals surface area contributed by atoms with Crippen LogP contribution in [0.1, 0.15) is 36.1 Å². The van der Waals surface area contributed by atoms with E-state index < -0.39 is 0 Å². The second-order valence-electron chi connectivity index (χ2n) is 7.36. The molecule has 2 heterocycles. The zero-order valence-electron chi connectivity index (χ0n) is 15.4. The third-order valence-electron chi connectivity index (χ3n) is 5.60. The van der Waals surface area contributed by atoms with Crippen LogP contribution in [-0.4, -0.2) is 15.2 Å². The highest BCUT2D eigenvalue weighted by Crippen LogP contribution is 2.38. The lowest BCUT2D eigenvalue weighted by atomic mass is 9.80. The molecule has 2 aromatic heterocycles. The predicted octanol–water partition coefficient (Wildman–Crippen LogP) is 4.83. The van der Waals surface area contributed by atoms with Crippen LogP contribution < -0.4 is 5.32 Å². The van der Waals surface area contributed by atoms with Crippen molar-refractivity contribution in [1.29, 1.82) is 5.26 Å². The van der Waals surface area contributed by atoms with E-state index >= 15 is 0 Å². The lowest BCUT2D eigenvalue weighted by Crippen LogP contribution is -2.25. The maximum Gasteiger partial charge on any atom is 0.181 e. The number of aromatic amines is 1. The van der Waals surface area contributed by atoms with Crippen molar-refractivity contribution in [2.75, 3.05) is 5.32 Å². The SMILES string of the molecule is C[C@@H]1CCc2cc(C#N)ccc2[C@@H]1Nc1ccc2[nH]nc(-c3cnco3)c2c1. The van der Waals surface area contributed by atoms with Crippen LogP contribution in [-0.2, 0) is 6.42 Å². The van der Waals surface area contributed by atoms with Gasteiger partial charge in [0.2, 0.25) is 0 Å². The average molecular weight is 369 g/mol. The van der Waals surface area contributed by atoms with Gasteiger partial charge in [-0.15, -0.1) is 0 Å². The molecule has 2 atom stereocenters. The number of nitrogens with one attached hydrogen (secondary N) is 2. The Morgan fingerprint density at radius 1 is 1.25 bits per heavy atom. The van der Waals surface area contributed by atoms with Gasteiger partial charge < -0.3 is 9.73 Å². The van der Waals surface area contributed by atoms with Gasteiger partial charge in [-0.2, -0.15) is 10.4 Å². The fraction of sp³-hybridized carbons (Fsp3) is 0.227. The van der Waals surface area contributed by atoms with Crippen molar-refractivity contribution in [2.45, 2.75) is 25.8 Å². The summed E-state index contributed by atoms with van der Waals surface area (Å²) in [6.45, 7) is 2.27. The number of rotatable bonds is 3. The standard InChI is InChI=1S/C22H19N5O/c1-13-2-4-15-8-14(10-23)3-6-17(15)21(13)25-16-5-7-19-18(9-16)22(27-26-19)20-11-24-12-28-20/h3,5-9,11-13,21,25H,2,4H2,1H3,(H,26,27)/t13-,21-/m1/s1. The van der Waals surface area contributed by atoms with Crippen molar-refractivity contribution in [3.8, 4) is 17.5 Å². The minimum absolute atomic E-state index is 0.203. The summed E-state index contributed by atoms with van der Waals surface area (Å²) < 4.78 is 5.42. The second kappa shape index (κ2) is 6.54. The smallest absolute Gasteiger partial charge is 0.181 e. The molecular formula is C22H19N5O. The van der Waals surface area contributed by atoms with E-state index in [2.05, 4.69) is 51.7 Å². The molecule has 28 heavy (non-hydrogen) atoms. The molecule has 0 saturated carbocycles. The first-order valence-electron chi connectivity index (χ1n) is 9.39. The first-order valence-corrected chi connectivity index (χ1v) is 9.39. The van der Waals surface area contributed by atoms with Crippen molar-refractivity contribution < 1.29 is 4.42 Å². The Balaban J connectivity index is 1.52. The number of benzene rings is 2. The minimum atomic E-state index is 0.203. The van der Waals surface area contributed by atoms with Crippen molar-refractivity contribution in [2.24, 2.45) is 5.92 Å². The Hall–Kier alpha value is -3.59. The number of fused-ring (bicyclic) bond motifs is 2. The topological polar surface area (TPSA) is 90.5 Å². The fourth-order valence-corrected chi connectivity index (χ4v) is 4.08. The second-order valence-corrected chi connectivity index (χ2v) is 7.36. The highest BCUT2D eigenvalue weighted by molar-refractivity contribution is 5.93. The normalized spacial score (nSPS) is 18.6. The Kier molecular flexibility index (Phi) is 3.87. The first-order chi connectivity index (χ1) is 13.7. The number of nitrogens with zero attached hydrogens (tertiary/aromatic N) is 3. The average Bonchev–Trinajstić information content (AvgIpc) is 3.39. The maximum absolute atomic E-state index is 9.19. The van der Waals surface area contributed by atoms with Crippen LogP contribution >= 0.6 is 0 Å². The van der Waals surface area contributed by atoms with E-state index in [1.54, 1.807) is 6.20 Å². The van der Waals surface area contributed by atoms with E-state index in [-0.39, 0.29) is 6.04 Å². The van der Waals surface area contributed by atoms with Gasteiger partial charge in [-0.05, 0) is 60.2 Å². The molecule has 138 valence electrons. The zero-order valence-corrected chi connectivity index (χ0v) is 15.4. The van der Waals surface area contributed by atoms with Crippen LogP contribution in [0.15, 0.2) is 53.4 Å². The van der Waals surface area contributed by atoms with Crippen LogP contribution in [0, 0.1) is 17.2 Å². The summed E-state index contributed by atoms with van der Waals surface area (Å²) in [6, 6.07) is 14.7. The van der Waals surface area contributed by atoms with Gasteiger partial charge in [-0.3, -0.25) is 5.10 Å². The third-order valence-corrected chi connectivity index (χ3v) is 5.60. The van der Waals surface area contributed by atoms with Gasteiger partial charge in [0.25, 0.3) is 0 Å². The Labute approximate surface area is 162 Å². The van der Waals surface area contributed by atoms with Gasteiger partial charge in [0.1, 0.15) is 5.69 Å². The summed E-state index contributed by atoms with van der Waals surface area (Å²) in [6.07, 6.45) is 5.19. The summed E-state index contributed by atoms with van der Waals surface area (Å²) >= 11 is 0. The van der Waals surface area contributed by atoms with E-state index in [1.165, 1.54) is 17.5 Å². The number of hydrogen-bond acceptors (Lipinski definition) is 5. The van der Waals surface area contributed by atoms with Gasteiger partial charge in [0, 0.05) is 11.1 Å². The summed E-state index contributed by atoms with van der Waals surface area (Å²) in [5.41, 5.74) is 6.01. The van der Waals surface area contributed by atoms with Crippen LogP contribution in [0.5, 0.6) is 0 Å². The number of hydrogen-bond donors (Lipinski definition) is 2. The number of nitriles is 1. The van der Waals surface area contributed by atoms with Crippen molar-refractivity contribution >= 4 is 16.6 Å². The molecular weight excluding hydrogens is 350 g/mol. The van der Waals surface area contributed by atoms with E-state index in [1.807, 2.05) is 18.2 Å². The number of aromatic nitrogens is 3. The van der Waals surface area contributed by atoms with Crippen molar-refractivity contribution in [1.82, 2.24) is 15.2 Å². The number of oxazole rings is 1. The number of H-pyrrole nitrogens is 1. The lowest BCUT2D eigenvalue weighted by Gasteiger charge is -2.33. The molecule has 0 saturated heterocycles. The van der Waals surface area contributed by atoms with Crippen LogP contribution in [0.25, 0.3) is 22.4 Å². The summed E-state index contributed by atoms with van der Waals surface area (Å²) in [5, 5.41) is 21.3. The Morgan fingerprint density at radius 2 is 2.18 bits per heavy atom. The summed E-state index contributed by atoms with van der Waals surface area (Å²) in [4.78, 5) is 3.99. The van der Waals surface area contributed by atoms with E-state index in [0.717, 1.165) is 40.7 Å². The van der Waals surface area contributed by atoms with Crippen LogP contribution in [0.2, 0.25) is 0 Å². The van der Waals surface area contributed by atoms with Gasteiger partial charge in [0.05, 0.1) is 29.4 Å². The summed E-state index contributed by atoms with van der Waals surface area (Å²) in [7, 11) is 0. The maximum atomic E-state index is 9.19. The molecule has 0 aliphatic heterocycles. The summed E-state index contributed by atoms with van der Waals surface area (Å²) in [5.74, 6) is 1.14. The quantitative estimate of drug-likeness (QED) is 0.540. The van der Waals surface area contributed by atoms with Gasteiger partial charge in [-0.25, -0.2) is 4.98 Å². The molecule has 6 heteroatoms. The third kappa shape index (κ3) is 2.72. The largest absolute Gasteiger partial charge is 0.442 e. The van der Waals surface area contributed by atoms with Crippen molar-refractivity contribution in [3.05, 3.63) is 65.7 Å². The molecule has 0 spiro atoms. The molecule has 1 aliphatic rings. The Morgan fingerprint density at radius 3 is 3.00 bits per heavy atom. The van der Waals surface area contributed by atoms with E-state index in [4.69, 9.17) is 4.42 Å². The van der Waals surface area contributed by atoms with E-state index in [9.17, 15) is 5.26 Å². The molecule has 0 radical (unpaired) electrons. The van der Waals surface area contributed by atoms with Crippen LogP contribution in [0.4, 0.5) is 5.69 Å². The molecule has 0 fully saturated rings. The molecule has 2 aromatic carbocycles. The molecule has 0 bridgehead atoms. The van der Waals surface area contributed by atoms with Crippen LogP contribution in [0.3, 0.4) is 0 Å². The molecule has 4 aromatic rings. The first kappa shape index (κ1) is 16.6. The minimum Gasteiger partial charge on any atom is -0.442 e. The predicted molar refractivity (Wildman–Crippen MR) is 107 cm³/mol. The number of aryl methyl sites for hydroxylation is 1. The lowest BCUT2D eigenvalue weighted by molar-refractivity contribution is 0.434. The Bertz CT molecular complexity index is 1190. The fourth-order valence-electron chi connectivity index (χ4n) is 4.08. The molecule has 1 aliphatic carbocycles. The highest BCUT2D eigenvalue weighted by atomic mass is 16.3. The van der Waals surface area contributed by atoms with Gasteiger partial charge >= 0.3 is 0 Å². The molecule has 6 nitrogen and oxygen atoms in total. The molecule has 0 amide bonds. The zero-order chi connectivity index (χ0) is 19.1.